The topological polar surface area (TPSA) is 77.2 Å². The van der Waals surface area contributed by atoms with Gasteiger partial charge in [-0.1, -0.05) is 17.7 Å². The van der Waals surface area contributed by atoms with Crippen LogP contribution in [0.25, 0.3) is 22.9 Å². The first-order valence-corrected chi connectivity index (χ1v) is 8.62. The molecule has 132 valence electrons. The molecule has 0 aliphatic carbocycles. The second-order valence-corrected chi connectivity index (χ2v) is 6.35. The molecule has 3 aromatic rings. The summed E-state index contributed by atoms with van der Waals surface area (Å²) in [7, 11) is 0. The van der Waals surface area contributed by atoms with Gasteiger partial charge < -0.3 is 14.5 Å². The predicted molar refractivity (Wildman–Crippen MR) is 97.5 cm³/mol. The summed E-state index contributed by atoms with van der Waals surface area (Å²) in [5.41, 5.74) is 3.57. The zero-order valence-electron chi connectivity index (χ0n) is 14.4. The normalized spacial score (nSPS) is 16.6. The van der Waals surface area contributed by atoms with Crippen molar-refractivity contribution in [2.45, 2.75) is 25.9 Å². The Bertz CT molecular complexity index is 895. The Labute approximate surface area is 151 Å². The third-order valence-electron chi connectivity index (χ3n) is 4.35. The fourth-order valence-corrected chi connectivity index (χ4v) is 2.86. The predicted octanol–water partition coefficient (Wildman–Crippen LogP) is 3.83. The fraction of sp³-hybridized carbons (Fsp3) is 0.250. The number of ether oxygens (including phenoxy) is 1. The number of benzene rings is 2. The maximum atomic E-state index is 12.1. The van der Waals surface area contributed by atoms with Crippen LogP contribution in [0.15, 0.2) is 52.9 Å². The molecule has 0 spiro atoms. The van der Waals surface area contributed by atoms with E-state index in [0.717, 1.165) is 24.0 Å². The Morgan fingerprint density at radius 3 is 2.19 bits per heavy atom. The van der Waals surface area contributed by atoms with Crippen molar-refractivity contribution in [3.63, 3.8) is 0 Å². The minimum atomic E-state index is -0.345. The summed E-state index contributed by atoms with van der Waals surface area (Å²) >= 11 is 0. The molecule has 1 saturated heterocycles. The Morgan fingerprint density at radius 2 is 1.62 bits per heavy atom. The Morgan fingerprint density at radius 1 is 1.00 bits per heavy atom. The Kier molecular flexibility index (Phi) is 4.50. The van der Waals surface area contributed by atoms with Crippen LogP contribution in [-0.2, 0) is 9.53 Å². The van der Waals surface area contributed by atoms with Gasteiger partial charge in [0, 0.05) is 23.4 Å². The maximum absolute atomic E-state index is 12.1. The maximum Gasteiger partial charge on any atom is 0.253 e. The lowest BCUT2D eigenvalue weighted by atomic mass is 10.1. The van der Waals surface area contributed by atoms with Gasteiger partial charge in [-0.15, -0.1) is 10.2 Å². The molecule has 26 heavy (non-hydrogen) atoms. The number of aryl methyl sites for hydroxylation is 1. The molecule has 2 heterocycles. The molecule has 0 unspecified atom stereocenters. The van der Waals surface area contributed by atoms with E-state index in [2.05, 4.69) is 15.5 Å². The minimum Gasteiger partial charge on any atom is -0.416 e. The summed E-state index contributed by atoms with van der Waals surface area (Å²) < 4.78 is 11.2. The molecule has 1 N–H and O–H groups in total. The van der Waals surface area contributed by atoms with Crippen molar-refractivity contribution in [1.29, 1.82) is 0 Å². The molecule has 1 aliphatic rings. The van der Waals surface area contributed by atoms with Crippen LogP contribution in [0, 0.1) is 6.92 Å². The summed E-state index contributed by atoms with van der Waals surface area (Å²) in [5, 5.41) is 11.1. The third kappa shape index (κ3) is 3.50. The number of carbonyl (C=O) groups excluding carboxylic acids is 1. The van der Waals surface area contributed by atoms with Crippen molar-refractivity contribution in [3.05, 3.63) is 54.1 Å². The zero-order chi connectivity index (χ0) is 17.9. The summed E-state index contributed by atoms with van der Waals surface area (Å²) in [5.74, 6) is 0.822. The van der Waals surface area contributed by atoms with E-state index in [9.17, 15) is 4.79 Å². The van der Waals surface area contributed by atoms with E-state index >= 15 is 0 Å². The van der Waals surface area contributed by atoms with Gasteiger partial charge in [-0.25, -0.2) is 0 Å². The largest absolute Gasteiger partial charge is 0.416 e. The lowest BCUT2D eigenvalue weighted by Gasteiger charge is -2.10. The SMILES string of the molecule is Cc1ccc(-c2nnc(-c3ccc(NC(=O)[C@@H]4CCCO4)cc3)o2)cc1. The van der Waals surface area contributed by atoms with Crippen LogP contribution in [0.4, 0.5) is 5.69 Å². The first-order valence-electron chi connectivity index (χ1n) is 8.62. The van der Waals surface area contributed by atoms with Gasteiger partial charge in [0.25, 0.3) is 5.91 Å². The highest BCUT2D eigenvalue weighted by Gasteiger charge is 2.23. The van der Waals surface area contributed by atoms with Gasteiger partial charge in [0.05, 0.1) is 0 Å². The molecule has 0 bridgehead atoms. The van der Waals surface area contributed by atoms with Gasteiger partial charge in [-0.05, 0) is 56.2 Å². The number of hydrogen-bond donors (Lipinski definition) is 1. The summed E-state index contributed by atoms with van der Waals surface area (Å²) in [6.07, 6.45) is 1.35. The van der Waals surface area contributed by atoms with E-state index in [0.29, 0.717) is 24.1 Å². The van der Waals surface area contributed by atoms with Crippen molar-refractivity contribution in [2.75, 3.05) is 11.9 Å². The van der Waals surface area contributed by atoms with Crippen LogP contribution < -0.4 is 5.32 Å². The van der Waals surface area contributed by atoms with E-state index in [-0.39, 0.29) is 12.0 Å². The average Bonchev–Trinajstić information content (AvgIpc) is 3.35. The average molecular weight is 349 g/mol. The summed E-state index contributed by atoms with van der Waals surface area (Å²) in [6.45, 7) is 2.68. The molecule has 1 amide bonds. The molecule has 6 heteroatoms. The van der Waals surface area contributed by atoms with E-state index in [4.69, 9.17) is 9.15 Å². The first-order chi connectivity index (χ1) is 12.7. The highest BCUT2D eigenvalue weighted by molar-refractivity contribution is 5.94. The number of amides is 1. The van der Waals surface area contributed by atoms with Gasteiger partial charge >= 0.3 is 0 Å². The Hall–Kier alpha value is -2.99. The molecular weight excluding hydrogens is 330 g/mol. The smallest absolute Gasteiger partial charge is 0.253 e. The molecule has 2 aromatic carbocycles. The van der Waals surface area contributed by atoms with Gasteiger partial charge in [0.15, 0.2) is 0 Å². The van der Waals surface area contributed by atoms with Crippen molar-refractivity contribution in [1.82, 2.24) is 10.2 Å². The molecule has 1 aromatic heterocycles. The number of carbonyl (C=O) groups is 1. The second-order valence-electron chi connectivity index (χ2n) is 6.35. The summed E-state index contributed by atoms with van der Waals surface area (Å²) in [4.78, 5) is 12.1. The third-order valence-corrected chi connectivity index (χ3v) is 4.35. The van der Waals surface area contributed by atoms with Gasteiger partial charge in [-0.2, -0.15) is 0 Å². The molecule has 1 fully saturated rings. The van der Waals surface area contributed by atoms with Crippen LogP contribution in [0.1, 0.15) is 18.4 Å². The standard InChI is InChI=1S/C20H19N3O3/c1-13-4-6-14(7-5-13)19-22-23-20(26-19)15-8-10-16(11-9-15)21-18(24)17-3-2-12-25-17/h4-11,17H,2-3,12H2,1H3,(H,21,24)/t17-/m0/s1. The molecule has 1 aliphatic heterocycles. The highest BCUT2D eigenvalue weighted by atomic mass is 16.5. The molecule has 4 rings (SSSR count). The fourth-order valence-electron chi connectivity index (χ4n) is 2.86. The molecule has 0 radical (unpaired) electrons. The molecular formula is C20H19N3O3. The number of hydrogen-bond acceptors (Lipinski definition) is 5. The Balaban J connectivity index is 1.47. The number of nitrogens with one attached hydrogen (secondary N) is 1. The van der Waals surface area contributed by atoms with Crippen LogP contribution in [-0.4, -0.2) is 28.8 Å². The van der Waals surface area contributed by atoms with Gasteiger partial charge in [-0.3, -0.25) is 4.79 Å². The summed E-state index contributed by atoms with van der Waals surface area (Å²) in [6, 6.07) is 15.2. The molecule has 1 atom stereocenters. The highest BCUT2D eigenvalue weighted by Crippen LogP contribution is 2.25. The first kappa shape index (κ1) is 16.5. The van der Waals surface area contributed by atoms with E-state index in [1.165, 1.54) is 5.56 Å². The van der Waals surface area contributed by atoms with Crippen molar-refractivity contribution in [3.8, 4) is 22.9 Å². The van der Waals surface area contributed by atoms with E-state index in [1.54, 1.807) is 0 Å². The zero-order valence-corrected chi connectivity index (χ0v) is 14.4. The minimum absolute atomic E-state index is 0.102. The lowest BCUT2D eigenvalue weighted by molar-refractivity contribution is -0.124. The van der Waals surface area contributed by atoms with Crippen molar-refractivity contribution >= 4 is 11.6 Å². The number of nitrogens with zero attached hydrogens (tertiary/aromatic N) is 2. The quantitative estimate of drug-likeness (QED) is 0.774. The van der Waals surface area contributed by atoms with E-state index in [1.807, 2.05) is 55.5 Å². The molecule has 6 nitrogen and oxygen atoms in total. The number of anilines is 1. The van der Waals surface area contributed by atoms with Gasteiger partial charge in [0.2, 0.25) is 11.8 Å². The van der Waals surface area contributed by atoms with Crippen molar-refractivity contribution in [2.24, 2.45) is 0 Å². The second kappa shape index (κ2) is 7.09. The van der Waals surface area contributed by atoms with Crippen LogP contribution >= 0.6 is 0 Å². The number of rotatable bonds is 4. The van der Waals surface area contributed by atoms with E-state index < -0.39 is 0 Å². The van der Waals surface area contributed by atoms with Gasteiger partial charge in [0.1, 0.15) is 6.10 Å². The monoisotopic (exact) mass is 349 g/mol. The van der Waals surface area contributed by atoms with Crippen LogP contribution in [0.5, 0.6) is 0 Å². The molecule has 0 saturated carbocycles. The number of aromatic nitrogens is 2. The lowest BCUT2D eigenvalue weighted by Crippen LogP contribution is -2.26. The van der Waals surface area contributed by atoms with Crippen LogP contribution in [0.3, 0.4) is 0 Å². The van der Waals surface area contributed by atoms with Crippen LogP contribution in [0.2, 0.25) is 0 Å². The van der Waals surface area contributed by atoms with Crippen molar-refractivity contribution < 1.29 is 13.9 Å².